The number of likely N-dealkylation sites (tertiary alicyclic amines) is 1. The van der Waals surface area contributed by atoms with Crippen LogP contribution in [0.2, 0.25) is 0 Å². The Morgan fingerprint density at radius 3 is 3.05 bits per heavy atom. The largest absolute Gasteiger partial charge is 0.339 e. The third-order valence-electron chi connectivity index (χ3n) is 4.15. The van der Waals surface area contributed by atoms with Gasteiger partial charge in [0.1, 0.15) is 0 Å². The normalized spacial score (nSPS) is 23.3. The van der Waals surface area contributed by atoms with Crippen LogP contribution in [0.3, 0.4) is 0 Å². The Kier molecular flexibility index (Phi) is 2.99. The Balaban J connectivity index is 1.51. The van der Waals surface area contributed by atoms with Gasteiger partial charge in [0, 0.05) is 24.9 Å². The molecule has 0 bridgehead atoms. The van der Waals surface area contributed by atoms with Gasteiger partial charge in [0.05, 0.1) is 6.04 Å². The number of aromatic nitrogens is 3. The minimum Gasteiger partial charge on any atom is -0.339 e. The fraction of sp³-hybridized carbons (Fsp3) is 0.533. The molecule has 0 radical (unpaired) electrons. The molecule has 104 valence electrons. The van der Waals surface area contributed by atoms with Crippen molar-refractivity contribution in [3.05, 3.63) is 41.8 Å². The fourth-order valence-corrected chi connectivity index (χ4v) is 2.91. The molecule has 2 aromatic rings. The number of pyridine rings is 1. The average Bonchev–Trinajstić information content (AvgIpc) is 3.04. The van der Waals surface area contributed by atoms with Crippen LogP contribution >= 0.6 is 0 Å². The third-order valence-corrected chi connectivity index (χ3v) is 4.15. The van der Waals surface area contributed by atoms with E-state index in [1.165, 1.54) is 24.8 Å². The van der Waals surface area contributed by atoms with Crippen LogP contribution in [0.4, 0.5) is 0 Å². The zero-order valence-electron chi connectivity index (χ0n) is 11.4. The molecule has 2 aliphatic rings. The molecule has 3 heterocycles. The highest BCUT2D eigenvalue weighted by Gasteiger charge is 2.34. The number of hydrogen-bond acceptors (Lipinski definition) is 5. The first kappa shape index (κ1) is 12.0. The highest BCUT2D eigenvalue weighted by molar-refractivity contribution is 5.10. The Hall–Kier alpha value is -1.75. The van der Waals surface area contributed by atoms with Crippen molar-refractivity contribution in [3.8, 4) is 0 Å². The maximum absolute atomic E-state index is 5.40. The first-order valence-electron chi connectivity index (χ1n) is 7.36. The lowest BCUT2D eigenvalue weighted by Gasteiger charge is -2.21. The molecule has 1 atom stereocenters. The van der Waals surface area contributed by atoms with Gasteiger partial charge in [-0.15, -0.1) is 0 Å². The summed E-state index contributed by atoms with van der Waals surface area (Å²) >= 11 is 0. The van der Waals surface area contributed by atoms with Crippen molar-refractivity contribution in [1.82, 2.24) is 20.0 Å². The predicted molar refractivity (Wildman–Crippen MR) is 72.9 cm³/mol. The lowest BCUT2D eigenvalue weighted by Crippen LogP contribution is -2.23. The van der Waals surface area contributed by atoms with Crippen LogP contribution in [0.15, 0.2) is 29.0 Å². The number of nitrogens with zero attached hydrogens (tertiary/aromatic N) is 4. The van der Waals surface area contributed by atoms with Gasteiger partial charge in [0.25, 0.3) is 0 Å². The lowest BCUT2D eigenvalue weighted by molar-refractivity contribution is 0.234. The summed E-state index contributed by atoms with van der Waals surface area (Å²) in [6, 6.07) is 4.40. The van der Waals surface area contributed by atoms with Gasteiger partial charge in [0.15, 0.2) is 5.82 Å². The molecule has 1 aliphatic carbocycles. The van der Waals surface area contributed by atoms with Gasteiger partial charge in [-0.25, -0.2) is 0 Å². The second-order valence-corrected chi connectivity index (χ2v) is 5.75. The predicted octanol–water partition coefficient (Wildman–Crippen LogP) is 2.68. The van der Waals surface area contributed by atoms with E-state index in [9.17, 15) is 0 Å². The summed E-state index contributed by atoms with van der Waals surface area (Å²) in [6.45, 7) is 2.00. The van der Waals surface area contributed by atoms with Crippen molar-refractivity contribution in [2.45, 2.75) is 44.2 Å². The zero-order chi connectivity index (χ0) is 13.4. The smallest absolute Gasteiger partial charge is 0.229 e. The highest BCUT2D eigenvalue weighted by atomic mass is 16.5. The summed E-state index contributed by atoms with van der Waals surface area (Å²) in [5.74, 6) is 2.24. The molecule has 0 spiro atoms. The van der Waals surface area contributed by atoms with Gasteiger partial charge in [0.2, 0.25) is 5.89 Å². The van der Waals surface area contributed by atoms with Crippen LogP contribution in [0, 0.1) is 0 Å². The minimum atomic E-state index is 0.298. The summed E-state index contributed by atoms with van der Waals surface area (Å²) in [5.41, 5.74) is 1.24. The summed E-state index contributed by atoms with van der Waals surface area (Å²) < 4.78 is 5.40. The molecular weight excluding hydrogens is 252 g/mol. The van der Waals surface area contributed by atoms with E-state index in [0.717, 1.165) is 31.2 Å². The summed E-state index contributed by atoms with van der Waals surface area (Å²) in [7, 11) is 0. The average molecular weight is 270 g/mol. The molecule has 2 aromatic heterocycles. The van der Waals surface area contributed by atoms with Crippen LogP contribution in [0.1, 0.15) is 54.9 Å². The maximum Gasteiger partial charge on any atom is 0.229 e. The quantitative estimate of drug-likeness (QED) is 0.855. The molecule has 5 nitrogen and oxygen atoms in total. The lowest BCUT2D eigenvalue weighted by atomic mass is 10.2. The molecule has 1 saturated heterocycles. The fourth-order valence-electron chi connectivity index (χ4n) is 2.91. The SMILES string of the molecule is c1cncc(CN2CCC[C@@H]2c2noc(C3CC3)n2)c1. The first-order valence-corrected chi connectivity index (χ1v) is 7.36. The van der Waals surface area contributed by atoms with Gasteiger partial charge >= 0.3 is 0 Å². The van der Waals surface area contributed by atoms with E-state index in [2.05, 4.69) is 26.1 Å². The van der Waals surface area contributed by atoms with Gasteiger partial charge in [-0.1, -0.05) is 11.2 Å². The van der Waals surface area contributed by atoms with Crippen LogP contribution < -0.4 is 0 Å². The molecule has 1 aliphatic heterocycles. The molecule has 2 fully saturated rings. The molecule has 5 heteroatoms. The Morgan fingerprint density at radius 2 is 2.25 bits per heavy atom. The van der Waals surface area contributed by atoms with Crippen LogP contribution in [0.25, 0.3) is 0 Å². The molecule has 4 rings (SSSR count). The number of rotatable bonds is 4. The van der Waals surface area contributed by atoms with Gasteiger partial charge < -0.3 is 4.52 Å². The molecular formula is C15H18N4O. The van der Waals surface area contributed by atoms with Crippen LogP contribution in [-0.2, 0) is 6.54 Å². The van der Waals surface area contributed by atoms with E-state index in [-0.39, 0.29) is 0 Å². The van der Waals surface area contributed by atoms with Crippen molar-refractivity contribution in [2.24, 2.45) is 0 Å². The minimum absolute atomic E-state index is 0.298. The van der Waals surface area contributed by atoms with Crippen molar-refractivity contribution in [2.75, 3.05) is 6.54 Å². The van der Waals surface area contributed by atoms with E-state index in [4.69, 9.17) is 4.52 Å². The van der Waals surface area contributed by atoms with Gasteiger partial charge in [-0.3, -0.25) is 9.88 Å². The van der Waals surface area contributed by atoms with Crippen molar-refractivity contribution < 1.29 is 4.52 Å². The van der Waals surface area contributed by atoms with Crippen LogP contribution in [-0.4, -0.2) is 26.6 Å². The molecule has 0 N–H and O–H groups in total. The summed E-state index contributed by atoms with van der Waals surface area (Å²) in [4.78, 5) is 11.2. The molecule has 0 amide bonds. The second kappa shape index (κ2) is 4.98. The van der Waals surface area contributed by atoms with Crippen molar-refractivity contribution >= 4 is 0 Å². The van der Waals surface area contributed by atoms with Crippen LogP contribution in [0.5, 0.6) is 0 Å². The van der Waals surface area contributed by atoms with E-state index < -0.39 is 0 Å². The van der Waals surface area contributed by atoms with Crippen molar-refractivity contribution in [3.63, 3.8) is 0 Å². The third kappa shape index (κ3) is 2.33. The molecule has 1 saturated carbocycles. The second-order valence-electron chi connectivity index (χ2n) is 5.75. The van der Waals surface area contributed by atoms with E-state index in [1.54, 1.807) is 0 Å². The maximum atomic E-state index is 5.40. The molecule has 20 heavy (non-hydrogen) atoms. The Labute approximate surface area is 118 Å². The summed E-state index contributed by atoms with van der Waals surface area (Å²) in [6.07, 6.45) is 8.45. The first-order chi connectivity index (χ1) is 9.90. The Bertz CT molecular complexity index is 579. The van der Waals surface area contributed by atoms with Gasteiger partial charge in [-0.05, 0) is 43.9 Å². The molecule has 0 unspecified atom stereocenters. The standard InChI is InChI=1S/C15H18N4O/c1-3-11(9-16-7-1)10-19-8-2-4-13(19)14-17-15(20-18-14)12-5-6-12/h1,3,7,9,12-13H,2,4-6,8,10H2/t13-/m1/s1. The monoisotopic (exact) mass is 270 g/mol. The molecule has 0 aromatic carbocycles. The van der Waals surface area contributed by atoms with E-state index in [1.807, 2.05) is 18.5 Å². The highest BCUT2D eigenvalue weighted by Crippen LogP contribution is 2.40. The zero-order valence-corrected chi connectivity index (χ0v) is 11.4. The Morgan fingerprint density at radius 1 is 1.30 bits per heavy atom. The topological polar surface area (TPSA) is 55.1 Å². The van der Waals surface area contributed by atoms with Crippen molar-refractivity contribution in [1.29, 1.82) is 0 Å². The van der Waals surface area contributed by atoms with E-state index >= 15 is 0 Å². The number of hydrogen-bond donors (Lipinski definition) is 0. The van der Waals surface area contributed by atoms with E-state index in [0.29, 0.717) is 12.0 Å². The van der Waals surface area contributed by atoms with Gasteiger partial charge in [-0.2, -0.15) is 4.98 Å². The summed E-state index contributed by atoms with van der Waals surface area (Å²) in [5, 5.41) is 4.21.